The van der Waals surface area contributed by atoms with Crippen molar-refractivity contribution in [3.8, 4) is 5.75 Å². The van der Waals surface area contributed by atoms with Crippen LogP contribution < -0.4 is 0 Å². The van der Waals surface area contributed by atoms with E-state index in [-0.39, 0.29) is 24.4 Å². The summed E-state index contributed by atoms with van der Waals surface area (Å²) in [6.45, 7) is 0.104. The zero-order valence-corrected chi connectivity index (χ0v) is 8.43. The van der Waals surface area contributed by atoms with Gasteiger partial charge in [0, 0.05) is 11.5 Å². The molecule has 1 aromatic heterocycles. The van der Waals surface area contributed by atoms with Gasteiger partial charge in [-0.2, -0.15) is 0 Å². The number of pyridine rings is 1. The largest absolute Gasteiger partial charge is 0.506 e. The van der Waals surface area contributed by atoms with Crippen molar-refractivity contribution in [1.82, 2.24) is 4.98 Å². The van der Waals surface area contributed by atoms with Gasteiger partial charge in [-0.05, 0) is 24.1 Å². The minimum atomic E-state index is -1.16. The van der Waals surface area contributed by atoms with Crippen LogP contribution in [0.4, 0.5) is 0 Å². The van der Waals surface area contributed by atoms with E-state index < -0.39 is 12.2 Å². The zero-order valence-electron chi connectivity index (χ0n) is 8.43. The summed E-state index contributed by atoms with van der Waals surface area (Å²) >= 11 is 0. The normalized spacial score (nSPS) is 13.9. The Bertz CT molecular complexity index is 375. The summed E-state index contributed by atoms with van der Waals surface area (Å²) in [5.41, 5.74) is 8.30. The topological polar surface area (TPSA) is 122 Å². The Morgan fingerprint density at radius 3 is 2.75 bits per heavy atom. The van der Waals surface area contributed by atoms with Gasteiger partial charge in [-0.1, -0.05) is 5.11 Å². The lowest BCUT2D eigenvalue weighted by Crippen LogP contribution is -2.19. The number of aromatic hydroxyl groups is 1. The van der Waals surface area contributed by atoms with E-state index >= 15 is 0 Å². The van der Waals surface area contributed by atoms with Gasteiger partial charge in [0.1, 0.15) is 11.9 Å². The van der Waals surface area contributed by atoms with Gasteiger partial charge in [0.25, 0.3) is 0 Å². The van der Waals surface area contributed by atoms with Crippen molar-refractivity contribution in [1.29, 1.82) is 0 Å². The molecule has 0 aliphatic rings. The Hall–Kier alpha value is -1.82. The Kier molecular flexibility index (Phi) is 4.53. The van der Waals surface area contributed by atoms with Crippen LogP contribution in [0, 0.1) is 0 Å². The molecule has 3 N–H and O–H groups in total. The molecular weight excluding hydrogens is 212 g/mol. The first-order chi connectivity index (χ1) is 7.65. The van der Waals surface area contributed by atoms with Crippen molar-refractivity contribution >= 4 is 0 Å². The van der Waals surface area contributed by atoms with Crippen LogP contribution in [0.25, 0.3) is 10.4 Å². The third-order valence-corrected chi connectivity index (χ3v) is 2.03. The van der Waals surface area contributed by atoms with Crippen LogP contribution in [-0.4, -0.2) is 33.0 Å². The average molecular weight is 224 g/mol. The fourth-order valence-corrected chi connectivity index (χ4v) is 1.16. The SMILES string of the molecule is [N-]=[N+]=NCCC(O)C(O)c1ccc(O)cn1. The molecule has 2 atom stereocenters. The number of hydrogen-bond acceptors (Lipinski definition) is 5. The van der Waals surface area contributed by atoms with Crippen LogP contribution in [0.3, 0.4) is 0 Å². The second kappa shape index (κ2) is 5.92. The summed E-state index contributed by atoms with van der Waals surface area (Å²) in [6.07, 6.45) is -0.885. The van der Waals surface area contributed by atoms with Gasteiger partial charge < -0.3 is 15.3 Å². The maximum absolute atomic E-state index is 9.65. The molecule has 0 spiro atoms. The molecule has 0 aliphatic carbocycles. The number of hydrogen-bond donors (Lipinski definition) is 3. The average Bonchev–Trinajstić information content (AvgIpc) is 2.29. The second-order valence-electron chi connectivity index (χ2n) is 3.20. The highest BCUT2D eigenvalue weighted by Crippen LogP contribution is 2.18. The van der Waals surface area contributed by atoms with Crippen molar-refractivity contribution in [2.45, 2.75) is 18.6 Å². The summed E-state index contributed by atoms with van der Waals surface area (Å²) in [4.78, 5) is 6.30. The van der Waals surface area contributed by atoms with Crippen molar-refractivity contribution in [2.75, 3.05) is 6.54 Å². The second-order valence-corrected chi connectivity index (χ2v) is 3.20. The van der Waals surface area contributed by atoms with Gasteiger partial charge >= 0.3 is 0 Å². The summed E-state index contributed by atoms with van der Waals surface area (Å²) in [5.74, 6) is -0.0143. The van der Waals surface area contributed by atoms with Crippen molar-refractivity contribution in [3.63, 3.8) is 0 Å². The van der Waals surface area contributed by atoms with Gasteiger partial charge in [-0.3, -0.25) is 4.98 Å². The van der Waals surface area contributed by atoms with Gasteiger partial charge in [-0.25, -0.2) is 0 Å². The van der Waals surface area contributed by atoms with Crippen LogP contribution in [0.5, 0.6) is 5.75 Å². The smallest absolute Gasteiger partial charge is 0.133 e. The number of rotatable bonds is 5. The van der Waals surface area contributed by atoms with Crippen LogP contribution in [0.2, 0.25) is 0 Å². The van der Waals surface area contributed by atoms with Crippen LogP contribution in [0.1, 0.15) is 18.2 Å². The summed E-state index contributed by atoms with van der Waals surface area (Å²) < 4.78 is 0. The fraction of sp³-hybridized carbons (Fsp3) is 0.444. The molecule has 16 heavy (non-hydrogen) atoms. The van der Waals surface area contributed by atoms with E-state index in [0.29, 0.717) is 0 Å². The first-order valence-corrected chi connectivity index (χ1v) is 4.67. The summed E-state index contributed by atoms with van der Waals surface area (Å²) in [6, 6.07) is 2.78. The number of nitrogens with zero attached hydrogens (tertiary/aromatic N) is 4. The van der Waals surface area contributed by atoms with Gasteiger partial charge in [0.2, 0.25) is 0 Å². The molecule has 0 saturated carbocycles. The highest BCUT2D eigenvalue weighted by molar-refractivity contribution is 5.19. The van der Waals surface area contributed by atoms with E-state index in [1.807, 2.05) is 0 Å². The van der Waals surface area contributed by atoms with Gasteiger partial charge in [-0.15, -0.1) is 0 Å². The van der Waals surface area contributed by atoms with Gasteiger partial charge in [0.05, 0.1) is 18.0 Å². The van der Waals surface area contributed by atoms with Crippen molar-refractivity contribution in [2.24, 2.45) is 5.11 Å². The quantitative estimate of drug-likeness (QED) is 0.390. The van der Waals surface area contributed by atoms with E-state index in [9.17, 15) is 10.2 Å². The monoisotopic (exact) mass is 224 g/mol. The molecule has 1 rings (SSSR count). The Morgan fingerprint density at radius 2 is 2.19 bits per heavy atom. The highest BCUT2D eigenvalue weighted by Gasteiger charge is 2.18. The fourth-order valence-electron chi connectivity index (χ4n) is 1.16. The van der Waals surface area contributed by atoms with Gasteiger partial charge in [0.15, 0.2) is 0 Å². The number of azide groups is 1. The first kappa shape index (κ1) is 12.3. The molecule has 0 radical (unpaired) electrons. The molecule has 86 valence electrons. The molecular formula is C9H12N4O3. The molecule has 0 aliphatic heterocycles. The van der Waals surface area contributed by atoms with Crippen molar-refractivity contribution in [3.05, 3.63) is 34.5 Å². The predicted molar refractivity (Wildman–Crippen MR) is 55.5 cm³/mol. The molecule has 7 nitrogen and oxygen atoms in total. The summed E-state index contributed by atoms with van der Waals surface area (Å²) in [5, 5.41) is 31.4. The third kappa shape index (κ3) is 3.39. The molecule has 1 aromatic rings. The van der Waals surface area contributed by atoms with E-state index in [0.717, 1.165) is 0 Å². The third-order valence-electron chi connectivity index (χ3n) is 2.03. The maximum atomic E-state index is 9.65. The number of aromatic nitrogens is 1. The Balaban J connectivity index is 2.58. The van der Waals surface area contributed by atoms with Crippen LogP contribution in [0.15, 0.2) is 23.4 Å². The Labute approximate surface area is 91.6 Å². The van der Waals surface area contributed by atoms with Crippen molar-refractivity contribution < 1.29 is 15.3 Å². The lowest BCUT2D eigenvalue weighted by Gasteiger charge is -2.16. The lowest BCUT2D eigenvalue weighted by atomic mass is 10.1. The number of aliphatic hydroxyl groups excluding tert-OH is 2. The molecule has 0 amide bonds. The zero-order chi connectivity index (χ0) is 12.0. The predicted octanol–water partition coefficient (Wildman–Crippen LogP) is 0.882. The molecule has 2 unspecified atom stereocenters. The lowest BCUT2D eigenvalue weighted by molar-refractivity contribution is 0.0125. The maximum Gasteiger partial charge on any atom is 0.133 e. The van der Waals surface area contributed by atoms with E-state index in [4.69, 9.17) is 10.6 Å². The molecule has 0 bridgehead atoms. The minimum absolute atomic E-state index is 0.0143. The summed E-state index contributed by atoms with van der Waals surface area (Å²) in [7, 11) is 0. The minimum Gasteiger partial charge on any atom is -0.506 e. The highest BCUT2D eigenvalue weighted by atomic mass is 16.3. The van der Waals surface area contributed by atoms with Crippen LogP contribution >= 0.6 is 0 Å². The molecule has 7 heteroatoms. The molecule has 0 fully saturated rings. The molecule has 0 saturated heterocycles. The number of aliphatic hydroxyl groups is 2. The van der Waals surface area contributed by atoms with E-state index in [2.05, 4.69) is 15.0 Å². The van der Waals surface area contributed by atoms with E-state index in [1.165, 1.54) is 18.3 Å². The first-order valence-electron chi connectivity index (χ1n) is 4.67. The molecule has 0 aromatic carbocycles. The van der Waals surface area contributed by atoms with E-state index in [1.54, 1.807) is 0 Å². The standard InChI is InChI=1S/C9H12N4O3/c10-13-12-4-3-8(15)9(16)7-2-1-6(14)5-11-7/h1-2,5,8-9,14-16H,3-4H2. The Morgan fingerprint density at radius 1 is 1.44 bits per heavy atom. The van der Waals surface area contributed by atoms with Crippen LogP contribution in [-0.2, 0) is 0 Å². The molecule has 1 heterocycles.